The van der Waals surface area contributed by atoms with Crippen LogP contribution in [0.5, 0.6) is 0 Å². The van der Waals surface area contributed by atoms with Crippen LogP contribution in [0.3, 0.4) is 0 Å². The van der Waals surface area contributed by atoms with Crippen LogP contribution in [0.25, 0.3) is 0 Å². The highest BCUT2D eigenvalue weighted by atomic mass is 35.5. The van der Waals surface area contributed by atoms with Gasteiger partial charge in [0.25, 0.3) is 0 Å². The topological polar surface area (TPSA) is 26.0 Å². The van der Waals surface area contributed by atoms with Crippen molar-refractivity contribution in [2.45, 2.75) is 6.92 Å². The first-order chi connectivity index (χ1) is 3.55. The fraction of sp³-hybridized carbons (Fsp3) is 0.200. The molecule has 0 aliphatic carbocycles. The van der Waals surface area contributed by atoms with Gasteiger partial charge in [0.1, 0.15) is 0 Å². The predicted molar refractivity (Wildman–Crippen MR) is 33.0 cm³/mol. The standard InChI is InChI=1S/C5H7ClFN/c1-3(6)5(7)4(2)8/h2,8H2,1H3/b5-3-. The lowest BCUT2D eigenvalue weighted by Gasteiger charge is -1.92. The molecule has 0 radical (unpaired) electrons. The van der Waals surface area contributed by atoms with Crippen LogP contribution in [0, 0.1) is 0 Å². The maximum atomic E-state index is 12.2. The number of hydrogen-bond acceptors (Lipinski definition) is 1. The molecule has 0 aliphatic heterocycles. The Hall–Kier alpha value is -0.500. The van der Waals surface area contributed by atoms with E-state index in [9.17, 15) is 4.39 Å². The number of allylic oxidation sites excluding steroid dienone is 2. The summed E-state index contributed by atoms with van der Waals surface area (Å²) in [4.78, 5) is 0. The molecule has 0 amide bonds. The smallest absolute Gasteiger partial charge is 0.159 e. The third kappa shape index (κ3) is 1.98. The van der Waals surface area contributed by atoms with Gasteiger partial charge in [-0.3, -0.25) is 0 Å². The highest BCUT2D eigenvalue weighted by Gasteiger charge is 1.97. The van der Waals surface area contributed by atoms with Gasteiger partial charge in [0.2, 0.25) is 0 Å². The first kappa shape index (κ1) is 7.50. The number of hydrogen-bond donors (Lipinski definition) is 1. The van der Waals surface area contributed by atoms with Crippen LogP contribution in [0.15, 0.2) is 23.1 Å². The van der Waals surface area contributed by atoms with Crippen LogP contribution >= 0.6 is 11.6 Å². The molecule has 2 N–H and O–H groups in total. The molecule has 0 heterocycles. The molecule has 1 nitrogen and oxygen atoms in total. The van der Waals surface area contributed by atoms with E-state index in [4.69, 9.17) is 17.3 Å². The number of halogens is 2. The molecular weight excluding hydrogens is 129 g/mol. The Labute approximate surface area is 52.6 Å². The molecule has 0 fully saturated rings. The van der Waals surface area contributed by atoms with Crippen molar-refractivity contribution in [2.24, 2.45) is 5.73 Å². The summed E-state index contributed by atoms with van der Waals surface area (Å²) in [7, 11) is 0. The molecule has 3 heteroatoms. The molecule has 0 saturated heterocycles. The predicted octanol–water partition coefficient (Wildman–Crippen LogP) is 1.90. The van der Waals surface area contributed by atoms with Gasteiger partial charge in [-0.2, -0.15) is 0 Å². The van der Waals surface area contributed by atoms with Gasteiger partial charge in [0, 0.05) is 0 Å². The van der Waals surface area contributed by atoms with Crippen LogP contribution < -0.4 is 5.73 Å². The largest absolute Gasteiger partial charge is 0.397 e. The molecule has 46 valence electrons. The molecular formula is C5H7ClFN. The lowest BCUT2D eigenvalue weighted by Crippen LogP contribution is -1.94. The molecule has 0 aromatic rings. The second-order valence-corrected chi connectivity index (χ2v) is 1.94. The highest BCUT2D eigenvalue weighted by Crippen LogP contribution is 2.12. The van der Waals surface area contributed by atoms with Gasteiger partial charge in [-0.05, 0) is 6.92 Å². The van der Waals surface area contributed by atoms with Crippen molar-refractivity contribution in [2.75, 3.05) is 0 Å². The summed E-state index contributed by atoms with van der Waals surface area (Å²) in [6.07, 6.45) is 0. The van der Waals surface area contributed by atoms with E-state index in [0.29, 0.717) is 0 Å². The van der Waals surface area contributed by atoms with E-state index in [1.54, 1.807) is 0 Å². The Kier molecular flexibility index (Phi) is 2.55. The molecule has 0 unspecified atom stereocenters. The first-order valence-corrected chi connectivity index (χ1v) is 2.40. The van der Waals surface area contributed by atoms with Crippen LogP contribution in [0.2, 0.25) is 0 Å². The Morgan fingerprint density at radius 2 is 2.12 bits per heavy atom. The maximum absolute atomic E-state index is 12.2. The number of nitrogens with two attached hydrogens (primary N) is 1. The average Bonchev–Trinajstić information content (AvgIpc) is 1.64. The van der Waals surface area contributed by atoms with Gasteiger partial charge in [-0.1, -0.05) is 18.2 Å². The summed E-state index contributed by atoms with van der Waals surface area (Å²) in [6, 6.07) is 0. The fourth-order valence-corrected chi connectivity index (χ4v) is 0.343. The molecule has 0 aromatic carbocycles. The van der Waals surface area contributed by atoms with Crippen LogP contribution in [-0.4, -0.2) is 0 Å². The Morgan fingerprint density at radius 3 is 2.12 bits per heavy atom. The average molecular weight is 136 g/mol. The normalized spacial score (nSPS) is 12.9. The molecule has 8 heavy (non-hydrogen) atoms. The van der Waals surface area contributed by atoms with Gasteiger partial charge in [0.05, 0.1) is 10.7 Å². The van der Waals surface area contributed by atoms with E-state index < -0.39 is 5.83 Å². The van der Waals surface area contributed by atoms with E-state index in [2.05, 4.69) is 6.58 Å². The van der Waals surface area contributed by atoms with Crippen molar-refractivity contribution in [3.63, 3.8) is 0 Å². The third-order valence-corrected chi connectivity index (χ3v) is 0.750. The van der Waals surface area contributed by atoms with Crippen molar-refractivity contribution in [1.29, 1.82) is 0 Å². The lowest BCUT2D eigenvalue weighted by atomic mass is 10.4. The fourth-order valence-electron chi connectivity index (χ4n) is 0.221. The van der Waals surface area contributed by atoms with Crippen molar-refractivity contribution in [3.05, 3.63) is 23.1 Å². The van der Waals surface area contributed by atoms with Crippen molar-refractivity contribution in [1.82, 2.24) is 0 Å². The molecule has 0 aliphatic rings. The summed E-state index contributed by atoms with van der Waals surface area (Å²) in [6.45, 7) is 4.55. The molecule has 0 spiro atoms. The van der Waals surface area contributed by atoms with E-state index in [1.165, 1.54) is 6.92 Å². The highest BCUT2D eigenvalue weighted by molar-refractivity contribution is 6.29. The minimum absolute atomic E-state index is 0.0394. The molecule has 0 rings (SSSR count). The van der Waals surface area contributed by atoms with Gasteiger partial charge in [0.15, 0.2) is 5.83 Å². The summed E-state index contributed by atoms with van der Waals surface area (Å²) < 4.78 is 12.2. The van der Waals surface area contributed by atoms with Crippen molar-refractivity contribution in [3.8, 4) is 0 Å². The maximum Gasteiger partial charge on any atom is 0.159 e. The SMILES string of the molecule is C=C(N)/C(F)=C(\C)Cl. The van der Waals surface area contributed by atoms with Crippen LogP contribution in [0.4, 0.5) is 4.39 Å². The molecule has 0 atom stereocenters. The van der Waals surface area contributed by atoms with Crippen LogP contribution in [-0.2, 0) is 0 Å². The zero-order valence-electron chi connectivity index (χ0n) is 4.54. The second kappa shape index (κ2) is 2.72. The third-order valence-electron chi connectivity index (χ3n) is 0.584. The lowest BCUT2D eigenvalue weighted by molar-refractivity contribution is 0.644. The Morgan fingerprint density at radius 1 is 1.75 bits per heavy atom. The van der Waals surface area contributed by atoms with Gasteiger partial charge in [-0.15, -0.1) is 0 Å². The van der Waals surface area contributed by atoms with E-state index in [-0.39, 0.29) is 10.7 Å². The second-order valence-electron chi connectivity index (χ2n) is 1.37. The minimum Gasteiger partial charge on any atom is -0.397 e. The molecule has 0 aromatic heterocycles. The first-order valence-electron chi connectivity index (χ1n) is 2.02. The minimum atomic E-state index is -0.633. The van der Waals surface area contributed by atoms with Crippen LogP contribution in [0.1, 0.15) is 6.92 Å². The quantitative estimate of drug-likeness (QED) is 0.546. The monoisotopic (exact) mass is 135 g/mol. The van der Waals surface area contributed by atoms with Gasteiger partial charge >= 0.3 is 0 Å². The molecule has 0 saturated carbocycles. The number of rotatable bonds is 1. The van der Waals surface area contributed by atoms with E-state index >= 15 is 0 Å². The Balaban J connectivity index is 4.23. The zero-order chi connectivity index (χ0) is 6.73. The summed E-state index contributed by atoms with van der Waals surface area (Å²) in [5.41, 5.74) is 4.80. The van der Waals surface area contributed by atoms with Gasteiger partial charge in [-0.25, -0.2) is 4.39 Å². The summed E-state index contributed by atoms with van der Waals surface area (Å²) >= 11 is 5.19. The van der Waals surface area contributed by atoms with E-state index in [1.807, 2.05) is 0 Å². The zero-order valence-corrected chi connectivity index (χ0v) is 5.30. The molecule has 0 bridgehead atoms. The summed E-state index contributed by atoms with van der Waals surface area (Å²) in [5.74, 6) is -0.633. The Bertz CT molecular complexity index is 135. The van der Waals surface area contributed by atoms with Crippen molar-refractivity contribution < 1.29 is 4.39 Å². The van der Waals surface area contributed by atoms with Gasteiger partial charge < -0.3 is 5.73 Å². The van der Waals surface area contributed by atoms with Crippen molar-refractivity contribution >= 4 is 11.6 Å². The summed E-state index contributed by atoms with van der Waals surface area (Å²) in [5, 5.41) is 0.0394. The van der Waals surface area contributed by atoms with E-state index in [0.717, 1.165) is 0 Å².